The summed E-state index contributed by atoms with van der Waals surface area (Å²) in [4.78, 5) is 44.9. The lowest BCUT2D eigenvalue weighted by Gasteiger charge is -2.14. The summed E-state index contributed by atoms with van der Waals surface area (Å²) in [5.41, 5.74) is 2.42. The summed E-state index contributed by atoms with van der Waals surface area (Å²) in [6.07, 6.45) is 4.08. The van der Waals surface area contributed by atoms with E-state index in [0.717, 1.165) is 13.0 Å². The van der Waals surface area contributed by atoms with Crippen molar-refractivity contribution in [2.24, 2.45) is 0 Å². The van der Waals surface area contributed by atoms with Crippen LogP contribution in [-0.4, -0.2) is 59.6 Å². The van der Waals surface area contributed by atoms with Gasteiger partial charge in [-0.3, -0.25) is 14.4 Å². The number of anilines is 4. The molecule has 4 rings (SSSR count). The molecular weight excluding hydrogens is 514 g/mol. The maximum atomic E-state index is 12.7. The zero-order chi connectivity index (χ0) is 28.3. The molecule has 0 atom stereocenters. The van der Waals surface area contributed by atoms with E-state index in [1.807, 2.05) is 13.1 Å². The summed E-state index contributed by atoms with van der Waals surface area (Å²) in [6, 6.07) is 13.8. The summed E-state index contributed by atoms with van der Waals surface area (Å²) in [5.74, 6) is -0.228. The maximum absolute atomic E-state index is 12.7. The van der Waals surface area contributed by atoms with Gasteiger partial charge < -0.3 is 36.4 Å². The summed E-state index contributed by atoms with van der Waals surface area (Å²) < 4.78 is 5.84. The van der Waals surface area contributed by atoms with Crippen LogP contribution >= 0.6 is 0 Å². The average molecular weight is 546 g/mol. The van der Waals surface area contributed by atoms with Crippen LogP contribution in [0.2, 0.25) is 0 Å². The van der Waals surface area contributed by atoms with E-state index in [2.05, 4.69) is 36.6 Å². The number of fused-ring (bicyclic) bond motifs is 1. The molecule has 3 aromatic rings. The zero-order valence-electron chi connectivity index (χ0n) is 22.0. The number of nitrogens with one attached hydrogen (secondary N) is 5. The molecule has 0 spiro atoms. The minimum Gasteiger partial charge on any atom is -0.491 e. The molecule has 0 saturated carbocycles. The molecule has 208 valence electrons. The van der Waals surface area contributed by atoms with Crippen LogP contribution in [0.15, 0.2) is 61.1 Å². The number of nitrogens with zero attached hydrogens (tertiary/aromatic N) is 2. The lowest BCUT2D eigenvalue weighted by molar-refractivity contribution is -0.137. The summed E-state index contributed by atoms with van der Waals surface area (Å²) in [5, 5.41) is 24.0. The number of amides is 2. The molecule has 40 heavy (non-hydrogen) atoms. The Morgan fingerprint density at radius 2 is 1.90 bits per heavy atom. The average Bonchev–Trinajstić information content (AvgIpc) is 3.29. The monoisotopic (exact) mass is 545 g/mol. The third-order valence-electron chi connectivity index (χ3n) is 5.93. The van der Waals surface area contributed by atoms with Gasteiger partial charge in [-0.1, -0.05) is 18.2 Å². The highest BCUT2D eigenvalue weighted by atomic mass is 16.5. The van der Waals surface area contributed by atoms with Crippen LogP contribution < -0.4 is 31.3 Å². The predicted molar refractivity (Wildman–Crippen MR) is 152 cm³/mol. The molecule has 0 aliphatic carbocycles. The van der Waals surface area contributed by atoms with E-state index in [1.165, 1.54) is 6.33 Å². The van der Waals surface area contributed by atoms with Crippen LogP contribution in [0.3, 0.4) is 0 Å². The SMILES string of the molecule is CNCCCNc1ncnc2c1/C(=C/Nc1ccc(NC(=O)c3ccccc3)c(OCCCC(=O)O)c1)C(=O)N2. The zero-order valence-corrected chi connectivity index (χ0v) is 22.0. The number of aliphatic carboxylic acids is 1. The second-order valence-corrected chi connectivity index (χ2v) is 8.86. The minimum absolute atomic E-state index is 0.0440. The molecule has 0 bridgehead atoms. The Kier molecular flexibility index (Phi) is 9.62. The largest absolute Gasteiger partial charge is 0.491 e. The first-order valence-electron chi connectivity index (χ1n) is 12.8. The molecule has 1 aliphatic rings. The predicted octanol–water partition coefficient (Wildman–Crippen LogP) is 3.40. The fraction of sp³-hybridized carbons (Fsp3) is 0.250. The molecule has 6 N–H and O–H groups in total. The summed E-state index contributed by atoms with van der Waals surface area (Å²) >= 11 is 0. The van der Waals surface area contributed by atoms with Gasteiger partial charge in [-0.05, 0) is 50.7 Å². The smallest absolute Gasteiger partial charge is 0.303 e. The van der Waals surface area contributed by atoms with Gasteiger partial charge in [-0.15, -0.1) is 0 Å². The summed E-state index contributed by atoms with van der Waals surface area (Å²) in [6.45, 7) is 1.64. The van der Waals surface area contributed by atoms with Crippen molar-refractivity contribution in [1.82, 2.24) is 15.3 Å². The molecule has 1 aliphatic heterocycles. The first-order chi connectivity index (χ1) is 19.5. The number of ether oxygens (including phenoxy) is 1. The lowest BCUT2D eigenvalue weighted by atomic mass is 10.1. The highest BCUT2D eigenvalue weighted by molar-refractivity contribution is 6.32. The highest BCUT2D eigenvalue weighted by Crippen LogP contribution is 2.35. The second-order valence-electron chi connectivity index (χ2n) is 8.86. The van der Waals surface area contributed by atoms with E-state index < -0.39 is 5.97 Å². The van der Waals surface area contributed by atoms with Crippen LogP contribution in [0, 0.1) is 0 Å². The number of aromatic nitrogens is 2. The Labute approximate surface area is 231 Å². The standard InChI is InChI=1S/C28H31N7O5/c1-29-12-6-13-30-25-24-20(28(39)35-26(24)33-17-32-25)16-31-19-10-11-21(22(15-19)40-14-5-9-23(36)37)34-27(38)18-7-3-2-4-8-18/h2-4,7-8,10-11,15-17,29,31H,5-6,9,12-14H2,1H3,(H,34,38)(H,36,37)(H2,30,32,33,35,39)/b20-16-. The van der Waals surface area contributed by atoms with E-state index >= 15 is 0 Å². The first-order valence-corrected chi connectivity index (χ1v) is 12.8. The van der Waals surface area contributed by atoms with Gasteiger partial charge in [-0.25, -0.2) is 9.97 Å². The van der Waals surface area contributed by atoms with Crippen LogP contribution in [0.4, 0.5) is 23.0 Å². The van der Waals surface area contributed by atoms with Crippen LogP contribution in [0.5, 0.6) is 5.75 Å². The molecule has 1 aromatic heterocycles. The molecule has 2 heterocycles. The number of carbonyl (C=O) groups excluding carboxylic acids is 2. The Hall–Kier alpha value is -4.97. The van der Waals surface area contributed by atoms with Gasteiger partial charge >= 0.3 is 5.97 Å². The van der Waals surface area contributed by atoms with Gasteiger partial charge in [0.2, 0.25) is 0 Å². The van der Waals surface area contributed by atoms with Gasteiger partial charge in [0.05, 0.1) is 23.4 Å². The van der Waals surface area contributed by atoms with Crippen molar-refractivity contribution in [1.29, 1.82) is 0 Å². The third kappa shape index (κ3) is 7.32. The Bertz CT molecular complexity index is 1400. The lowest BCUT2D eigenvalue weighted by Crippen LogP contribution is -2.14. The Balaban J connectivity index is 1.54. The van der Waals surface area contributed by atoms with Crippen molar-refractivity contribution < 1.29 is 24.2 Å². The number of benzene rings is 2. The van der Waals surface area contributed by atoms with E-state index in [-0.39, 0.29) is 24.8 Å². The van der Waals surface area contributed by atoms with Crippen molar-refractivity contribution in [3.05, 3.63) is 72.2 Å². The maximum Gasteiger partial charge on any atom is 0.303 e. The molecule has 0 fully saturated rings. The number of rotatable bonds is 14. The van der Waals surface area contributed by atoms with Crippen LogP contribution in [-0.2, 0) is 9.59 Å². The number of carboxylic acids is 1. The molecule has 0 radical (unpaired) electrons. The fourth-order valence-electron chi connectivity index (χ4n) is 3.95. The third-order valence-corrected chi connectivity index (χ3v) is 5.93. The number of hydrogen-bond donors (Lipinski definition) is 6. The quantitative estimate of drug-likeness (QED) is 0.131. The molecule has 0 unspecified atom stereocenters. The van der Waals surface area contributed by atoms with Gasteiger partial charge in [0, 0.05) is 36.5 Å². The molecule has 0 saturated heterocycles. The van der Waals surface area contributed by atoms with Crippen LogP contribution in [0.1, 0.15) is 35.2 Å². The van der Waals surface area contributed by atoms with Crippen molar-refractivity contribution >= 4 is 46.4 Å². The van der Waals surface area contributed by atoms with E-state index in [4.69, 9.17) is 9.84 Å². The molecule has 2 amide bonds. The van der Waals surface area contributed by atoms with Crippen molar-refractivity contribution in [3.8, 4) is 5.75 Å². The van der Waals surface area contributed by atoms with E-state index in [9.17, 15) is 14.4 Å². The molecule has 12 nitrogen and oxygen atoms in total. The number of carbonyl (C=O) groups is 3. The Morgan fingerprint density at radius 3 is 2.67 bits per heavy atom. The topological polar surface area (TPSA) is 167 Å². The van der Waals surface area contributed by atoms with Crippen LogP contribution in [0.25, 0.3) is 5.57 Å². The molecular formula is C28H31N7O5. The normalized spacial score (nSPS) is 12.9. The van der Waals surface area contributed by atoms with E-state index in [1.54, 1.807) is 48.7 Å². The number of carboxylic acid groups (broad SMARTS) is 1. The van der Waals surface area contributed by atoms with Crippen molar-refractivity contribution in [2.45, 2.75) is 19.3 Å². The Morgan fingerprint density at radius 1 is 1.07 bits per heavy atom. The fourth-order valence-corrected chi connectivity index (χ4v) is 3.95. The molecule has 12 heteroatoms. The van der Waals surface area contributed by atoms with Gasteiger partial charge in [0.25, 0.3) is 11.8 Å². The van der Waals surface area contributed by atoms with E-state index in [0.29, 0.717) is 58.4 Å². The van der Waals surface area contributed by atoms with Crippen molar-refractivity contribution in [2.75, 3.05) is 48.0 Å². The van der Waals surface area contributed by atoms with Gasteiger partial charge in [-0.2, -0.15) is 0 Å². The number of hydrogen-bond acceptors (Lipinski definition) is 9. The first kappa shape index (κ1) is 28.0. The summed E-state index contributed by atoms with van der Waals surface area (Å²) in [7, 11) is 1.88. The molecule has 2 aromatic carbocycles. The second kappa shape index (κ2) is 13.7. The minimum atomic E-state index is -0.918. The van der Waals surface area contributed by atoms with Crippen molar-refractivity contribution in [3.63, 3.8) is 0 Å². The highest BCUT2D eigenvalue weighted by Gasteiger charge is 2.29. The van der Waals surface area contributed by atoms with Gasteiger partial charge in [0.15, 0.2) is 0 Å². The van der Waals surface area contributed by atoms with Gasteiger partial charge in [0.1, 0.15) is 23.7 Å².